The van der Waals surface area contributed by atoms with Gasteiger partial charge in [0.15, 0.2) is 29.8 Å². The summed E-state index contributed by atoms with van der Waals surface area (Å²) in [5.41, 5.74) is 1.25. The highest BCUT2D eigenvalue weighted by molar-refractivity contribution is 7.18. The Labute approximate surface area is 175 Å². The number of rotatable bonds is 11. The van der Waals surface area contributed by atoms with E-state index in [0.29, 0.717) is 12.7 Å². The quantitative estimate of drug-likeness (QED) is 0.512. The topological polar surface area (TPSA) is 66.4 Å². The summed E-state index contributed by atoms with van der Waals surface area (Å²) in [5, 5.41) is 0. The monoisotopic (exact) mass is 460 g/mol. The van der Waals surface area contributed by atoms with Gasteiger partial charge in [-0.05, 0) is 55.7 Å². The van der Waals surface area contributed by atoms with Crippen LogP contribution in [0.25, 0.3) is 0 Å². The smallest absolute Gasteiger partial charge is 0.331 e. The van der Waals surface area contributed by atoms with Crippen LogP contribution in [0.4, 0.5) is 0 Å². The first-order valence-corrected chi connectivity index (χ1v) is 20.2. The van der Waals surface area contributed by atoms with E-state index >= 15 is 0 Å². The normalized spacial score (nSPS) is 26.5. The van der Waals surface area contributed by atoms with Gasteiger partial charge in [-0.2, -0.15) is 0 Å². The average molecular weight is 461 g/mol. The van der Waals surface area contributed by atoms with Crippen molar-refractivity contribution in [1.29, 1.82) is 0 Å². The molecule has 1 aliphatic rings. The molecule has 0 bridgehead atoms. The Hall–Kier alpha value is -0.472. The van der Waals surface area contributed by atoms with Gasteiger partial charge in [-0.3, -0.25) is 0 Å². The zero-order valence-electron chi connectivity index (χ0n) is 18.0. The van der Waals surface area contributed by atoms with Crippen molar-refractivity contribution in [3.63, 3.8) is 0 Å². The summed E-state index contributed by atoms with van der Waals surface area (Å²) in [6.45, 7) is 7.12. The predicted molar refractivity (Wildman–Crippen MR) is 122 cm³/mol. The molecule has 0 aromatic heterocycles. The summed E-state index contributed by atoms with van der Waals surface area (Å²) in [7, 11) is -3.80. The number of methoxy groups -OCH3 is 2. The Kier molecular flexibility index (Phi) is 9.41. The van der Waals surface area contributed by atoms with Gasteiger partial charge >= 0.3 is 16.6 Å². The predicted octanol–water partition coefficient (Wildman–Crippen LogP) is 2.55. The third kappa shape index (κ3) is 7.09. The molecule has 0 aliphatic carbocycles. The van der Waals surface area contributed by atoms with E-state index in [4.69, 9.17) is 22.1 Å². The van der Waals surface area contributed by atoms with Gasteiger partial charge in [-0.1, -0.05) is 19.4 Å². The molecule has 1 fully saturated rings. The maximum Gasteiger partial charge on any atom is 0.331 e. The van der Waals surface area contributed by atoms with Gasteiger partial charge in [-0.25, -0.2) is 0 Å². The van der Waals surface area contributed by atoms with E-state index in [2.05, 4.69) is 26.1 Å². The van der Waals surface area contributed by atoms with E-state index in [0.717, 1.165) is 42.8 Å². The van der Waals surface area contributed by atoms with E-state index in [1.54, 1.807) is 14.2 Å². The summed E-state index contributed by atoms with van der Waals surface area (Å²) in [4.78, 5) is 11.0. The van der Waals surface area contributed by atoms with Crippen LogP contribution in [0.15, 0.2) is 18.2 Å². The molecule has 1 heterocycles. The first kappa shape index (κ1) is 23.8. The molecule has 2 rings (SSSR count). The van der Waals surface area contributed by atoms with Crippen LogP contribution < -0.4 is 9.47 Å². The maximum atomic E-state index is 11.0. The Balaban J connectivity index is 1.76. The van der Waals surface area contributed by atoms with Crippen LogP contribution in [0.1, 0.15) is 25.3 Å². The van der Waals surface area contributed by atoms with Gasteiger partial charge in [0.2, 0.25) is 0 Å². The molecule has 0 radical (unpaired) electrons. The van der Waals surface area contributed by atoms with Crippen LogP contribution in [0.2, 0.25) is 31.2 Å². The van der Waals surface area contributed by atoms with E-state index in [9.17, 15) is 4.80 Å². The van der Waals surface area contributed by atoms with Crippen molar-refractivity contribution in [2.45, 2.75) is 57.4 Å². The fourth-order valence-corrected chi connectivity index (χ4v) is 23.1. The number of hydrogen-bond acceptors (Lipinski definition) is 6. The molecule has 28 heavy (non-hydrogen) atoms. The summed E-state index contributed by atoms with van der Waals surface area (Å²) < 4.78 is 29.1. The number of aryl methyl sites for hydroxylation is 1. The van der Waals surface area contributed by atoms with Crippen LogP contribution in [-0.4, -0.2) is 60.6 Å². The zero-order valence-corrected chi connectivity index (χ0v) is 22.5. The van der Waals surface area contributed by atoms with Crippen molar-refractivity contribution in [3.8, 4) is 11.5 Å². The lowest BCUT2D eigenvalue weighted by molar-refractivity contribution is 0.196. The summed E-state index contributed by atoms with van der Waals surface area (Å²) in [6.07, 6.45) is 3.12. The Morgan fingerprint density at radius 2 is 2.00 bits per heavy atom. The van der Waals surface area contributed by atoms with Gasteiger partial charge in [0, 0.05) is 12.7 Å². The molecule has 3 unspecified atom stereocenters. The molecular formula is C18H36O6Si4. The highest BCUT2D eigenvalue weighted by atomic mass is 29.2. The van der Waals surface area contributed by atoms with E-state index in [1.807, 2.05) is 12.1 Å². The van der Waals surface area contributed by atoms with Gasteiger partial charge in [-0.15, -0.1) is 0 Å². The Morgan fingerprint density at radius 3 is 2.68 bits per heavy atom. The molecule has 0 amide bonds. The summed E-state index contributed by atoms with van der Waals surface area (Å²) >= 11 is 0. The Morgan fingerprint density at radius 1 is 1.25 bits per heavy atom. The third-order valence-electron chi connectivity index (χ3n) is 5.13. The second-order valence-corrected chi connectivity index (χ2v) is 22.0. The SMILES string of the molecule is CCC[Si]1(C)OCC[Si](O)([SiH2]O[SiH](C)CCCc2ccc(OC)c(OC)c2)O1. The van der Waals surface area contributed by atoms with Crippen molar-refractivity contribution in [2.75, 3.05) is 20.8 Å². The molecule has 160 valence electrons. The van der Waals surface area contributed by atoms with Crippen LogP contribution in [0.3, 0.4) is 0 Å². The van der Waals surface area contributed by atoms with Crippen molar-refractivity contribution in [3.05, 3.63) is 23.8 Å². The molecule has 0 spiro atoms. The first-order chi connectivity index (χ1) is 13.3. The van der Waals surface area contributed by atoms with Gasteiger partial charge < -0.3 is 26.9 Å². The Bertz CT molecular complexity index is 618. The summed E-state index contributed by atoms with van der Waals surface area (Å²) in [5.74, 6) is 1.54. The van der Waals surface area contributed by atoms with Gasteiger partial charge in [0.1, 0.15) is 0 Å². The van der Waals surface area contributed by atoms with Crippen LogP contribution in [0.5, 0.6) is 11.5 Å². The number of hydrogen-bond donors (Lipinski definition) is 1. The number of benzene rings is 1. The van der Waals surface area contributed by atoms with Crippen molar-refractivity contribution >= 4 is 35.0 Å². The summed E-state index contributed by atoms with van der Waals surface area (Å²) in [6, 6.07) is 8.83. The van der Waals surface area contributed by atoms with Crippen LogP contribution >= 0.6 is 0 Å². The van der Waals surface area contributed by atoms with Gasteiger partial charge in [0.05, 0.1) is 14.2 Å². The molecule has 1 aromatic rings. The molecule has 10 heteroatoms. The molecule has 6 nitrogen and oxygen atoms in total. The van der Waals surface area contributed by atoms with Crippen molar-refractivity contribution in [2.24, 2.45) is 0 Å². The lowest BCUT2D eigenvalue weighted by Gasteiger charge is -2.40. The minimum absolute atomic E-state index is 0.650. The molecular weight excluding hydrogens is 425 g/mol. The van der Waals surface area contributed by atoms with E-state index in [-0.39, 0.29) is 0 Å². The van der Waals surface area contributed by atoms with Crippen LogP contribution in [0, 0.1) is 0 Å². The minimum atomic E-state index is -2.64. The average Bonchev–Trinajstić information content (AvgIpc) is 2.66. The highest BCUT2D eigenvalue weighted by Gasteiger charge is 2.48. The minimum Gasteiger partial charge on any atom is -0.493 e. The molecule has 3 atom stereocenters. The molecule has 1 aliphatic heterocycles. The largest absolute Gasteiger partial charge is 0.493 e. The standard InChI is InChI=1S/C18H36O6Si4/c1-6-13-27(5)22-11-14-28(19,24-27)25-23-26(4)12-7-8-16-9-10-17(20-2)18(15-16)21-3/h9-10,15,19,26H,6-8,11-14,25H2,1-5H3. The number of ether oxygens (including phenoxy) is 2. The van der Waals surface area contributed by atoms with Crippen molar-refractivity contribution < 1.29 is 26.9 Å². The van der Waals surface area contributed by atoms with Crippen molar-refractivity contribution in [1.82, 2.24) is 0 Å². The maximum absolute atomic E-state index is 11.0. The second-order valence-electron chi connectivity index (χ2n) is 7.73. The molecule has 0 saturated carbocycles. The first-order valence-electron chi connectivity index (χ1n) is 10.2. The molecule has 1 N–H and O–H groups in total. The highest BCUT2D eigenvalue weighted by Crippen LogP contribution is 2.29. The fourth-order valence-electron chi connectivity index (χ4n) is 3.57. The van der Waals surface area contributed by atoms with Crippen LogP contribution in [-0.2, 0) is 19.1 Å². The van der Waals surface area contributed by atoms with E-state index < -0.39 is 35.0 Å². The second kappa shape index (κ2) is 11.1. The van der Waals surface area contributed by atoms with E-state index in [1.165, 1.54) is 5.56 Å². The lowest BCUT2D eigenvalue weighted by Crippen LogP contribution is -2.61. The molecule has 1 aromatic carbocycles. The molecule has 1 saturated heterocycles. The fraction of sp³-hybridized carbons (Fsp3) is 0.667. The lowest BCUT2D eigenvalue weighted by atomic mass is 10.1. The zero-order chi connectivity index (χ0) is 20.6. The van der Waals surface area contributed by atoms with Gasteiger partial charge in [0.25, 0.3) is 0 Å². The third-order valence-corrected chi connectivity index (χ3v) is 21.4.